The fourth-order valence-electron chi connectivity index (χ4n) is 8.82. The second-order valence-corrected chi connectivity index (χ2v) is 20.3. The van der Waals surface area contributed by atoms with Gasteiger partial charge in [0.2, 0.25) is 0 Å². The van der Waals surface area contributed by atoms with E-state index in [4.69, 9.17) is 14.2 Å². The largest absolute Gasteiger partial charge is 0.462 e. The van der Waals surface area contributed by atoms with Crippen LogP contribution in [0.2, 0.25) is 0 Å². The van der Waals surface area contributed by atoms with E-state index in [1.165, 1.54) is 212 Å². The first kappa shape index (κ1) is 65.6. The summed E-state index contributed by atoms with van der Waals surface area (Å²) < 4.78 is 16.9. The minimum atomic E-state index is -0.774. The molecule has 0 radical (unpaired) electrons. The Hall–Kier alpha value is -2.37. The van der Waals surface area contributed by atoms with Crippen LogP contribution in [0.5, 0.6) is 0 Å². The van der Waals surface area contributed by atoms with Crippen molar-refractivity contribution >= 4 is 17.9 Å². The van der Waals surface area contributed by atoms with Crippen LogP contribution in [0.25, 0.3) is 0 Å². The molecule has 0 aromatic rings. The van der Waals surface area contributed by atoms with Gasteiger partial charge in [-0.2, -0.15) is 0 Å². The van der Waals surface area contributed by atoms with Crippen molar-refractivity contribution in [2.24, 2.45) is 0 Å². The third-order valence-corrected chi connectivity index (χ3v) is 13.4. The highest BCUT2D eigenvalue weighted by molar-refractivity contribution is 5.71. The van der Waals surface area contributed by atoms with Crippen LogP contribution in [-0.4, -0.2) is 37.2 Å². The molecule has 6 nitrogen and oxygen atoms in total. The molecule has 0 saturated heterocycles. The number of esters is 3. The monoisotopic (exact) mass is 955 g/mol. The Labute approximate surface area is 423 Å². The van der Waals surface area contributed by atoms with Crippen molar-refractivity contribution in [1.82, 2.24) is 0 Å². The number of carbonyl (C=O) groups excluding carboxylic acids is 3. The highest BCUT2D eigenvalue weighted by Gasteiger charge is 2.19. The molecule has 0 fully saturated rings. The van der Waals surface area contributed by atoms with Gasteiger partial charge in [0.25, 0.3) is 0 Å². The van der Waals surface area contributed by atoms with Gasteiger partial charge in [-0.25, -0.2) is 0 Å². The zero-order chi connectivity index (χ0) is 49.3. The Morgan fingerprint density at radius 3 is 0.868 bits per heavy atom. The van der Waals surface area contributed by atoms with Gasteiger partial charge in [0, 0.05) is 19.3 Å². The first-order chi connectivity index (χ1) is 33.5. The van der Waals surface area contributed by atoms with Crippen molar-refractivity contribution < 1.29 is 28.6 Å². The minimum Gasteiger partial charge on any atom is -0.462 e. The average Bonchev–Trinajstić information content (AvgIpc) is 3.34. The quantitative estimate of drug-likeness (QED) is 0.0262. The number of carbonyl (C=O) groups is 3. The van der Waals surface area contributed by atoms with Crippen LogP contribution in [0.1, 0.15) is 323 Å². The van der Waals surface area contributed by atoms with Gasteiger partial charge in [0.15, 0.2) is 6.10 Å². The first-order valence-corrected chi connectivity index (χ1v) is 30.0. The number of allylic oxidation sites excluding steroid dienone is 6. The van der Waals surface area contributed by atoms with E-state index >= 15 is 0 Å². The predicted octanol–water partition coefficient (Wildman–Crippen LogP) is 20.0. The maximum atomic E-state index is 12.9. The molecule has 0 aliphatic heterocycles. The van der Waals surface area contributed by atoms with Crippen molar-refractivity contribution in [3.05, 3.63) is 36.5 Å². The van der Waals surface area contributed by atoms with Gasteiger partial charge < -0.3 is 14.2 Å². The molecular formula is C62H114O6. The number of hydrogen-bond acceptors (Lipinski definition) is 6. The van der Waals surface area contributed by atoms with E-state index in [2.05, 4.69) is 57.2 Å². The van der Waals surface area contributed by atoms with E-state index in [1.807, 2.05) is 0 Å². The van der Waals surface area contributed by atoms with Crippen LogP contribution >= 0.6 is 0 Å². The summed E-state index contributed by atoms with van der Waals surface area (Å²) in [7, 11) is 0. The van der Waals surface area contributed by atoms with Crippen LogP contribution in [0.3, 0.4) is 0 Å². The summed E-state index contributed by atoms with van der Waals surface area (Å²) in [6.07, 6.45) is 68.5. The molecular weight excluding hydrogens is 841 g/mol. The third kappa shape index (κ3) is 54.6. The van der Waals surface area contributed by atoms with Gasteiger partial charge >= 0.3 is 17.9 Å². The molecule has 398 valence electrons. The molecule has 0 aromatic heterocycles. The zero-order valence-corrected chi connectivity index (χ0v) is 45.6. The molecule has 6 heteroatoms. The molecule has 0 unspecified atom stereocenters. The second-order valence-electron chi connectivity index (χ2n) is 20.3. The highest BCUT2D eigenvalue weighted by atomic mass is 16.6. The average molecular weight is 956 g/mol. The van der Waals surface area contributed by atoms with Crippen LogP contribution < -0.4 is 0 Å². The van der Waals surface area contributed by atoms with Crippen molar-refractivity contribution in [2.45, 2.75) is 329 Å². The summed E-state index contributed by atoms with van der Waals surface area (Å²) in [4.78, 5) is 38.2. The van der Waals surface area contributed by atoms with E-state index in [1.54, 1.807) is 0 Å². The van der Waals surface area contributed by atoms with Crippen molar-refractivity contribution in [2.75, 3.05) is 13.2 Å². The molecule has 0 amide bonds. The predicted molar refractivity (Wildman–Crippen MR) is 293 cm³/mol. The lowest BCUT2D eigenvalue weighted by Crippen LogP contribution is -2.30. The summed E-state index contributed by atoms with van der Waals surface area (Å²) in [5.41, 5.74) is 0. The summed E-state index contributed by atoms with van der Waals surface area (Å²) in [5.74, 6) is -0.866. The van der Waals surface area contributed by atoms with E-state index in [-0.39, 0.29) is 31.1 Å². The normalized spacial score (nSPS) is 12.2. The molecule has 0 heterocycles. The molecule has 0 bridgehead atoms. The topological polar surface area (TPSA) is 78.9 Å². The molecule has 1 atom stereocenters. The van der Waals surface area contributed by atoms with Crippen molar-refractivity contribution in [3.8, 4) is 0 Å². The fourth-order valence-corrected chi connectivity index (χ4v) is 8.82. The van der Waals surface area contributed by atoms with E-state index < -0.39 is 6.10 Å². The van der Waals surface area contributed by atoms with Crippen LogP contribution in [0, 0.1) is 0 Å². The van der Waals surface area contributed by atoms with Gasteiger partial charge in [0.05, 0.1) is 0 Å². The maximum Gasteiger partial charge on any atom is 0.306 e. The minimum absolute atomic E-state index is 0.0733. The van der Waals surface area contributed by atoms with Crippen molar-refractivity contribution in [1.29, 1.82) is 0 Å². The Bertz CT molecular complexity index is 1140. The second kappa shape index (κ2) is 57.2. The molecule has 0 rings (SSSR count). The van der Waals surface area contributed by atoms with Gasteiger partial charge in [-0.1, -0.05) is 263 Å². The molecule has 0 aliphatic rings. The van der Waals surface area contributed by atoms with E-state index in [9.17, 15) is 14.4 Å². The van der Waals surface area contributed by atoms with E-state index in [0.29, 0.717) is 19.3 Å². The SMILES string of the molecule is CCCCC/C=C/C/C=C/CCCCCCCCCCCC(=O)OC[C@@H](COC(=O)CCCCCCC/C=C/CCCCCC)OC(=O)CCCCCCCCCCCCCCCCCCCC. The van der Waals surface area contributed by atoms with Gasteiger partial charge in [-0.05, 0) is 77.0 Å². The summed E-state index contributed by atoms with van der Waals surface area (Å²) in [5, 5.41) is 0. The van der Waals surface area contributed by atoms with Gasteiger partial charge in [0.1, 0.15) is 13.2 Å². The molecule has 0 aliphatic carbocycles. The Balaban J connectivity index is 4.32. The number of rotatable bonds is 55. The molecule has 0 N–H and O–H groups in total. The summed E-state index contributed by atoms with van der Waals surface area (Å²) >= 11 is 0. The molecule has 0 saturated carbocycles. The lowest BCUT2D eigenvalue weighted by molar-refractivity contribution is -0.167. The Morgan fingerprint density at radius 2 is 0.529 bits per heavy atom. The molecule has 68 heavy (non-hydrogen) atoms. The third-order valence-electron chi connectivity index (χ3n) is 13.4. The lowest BCUT2D eigenvalue weighted by Gasteiger charge is -2.18. The van der Waals surface area contributed by atoms with Gasteiger partial charge in [-0.15, -0.1) is 0 Å². The van der Waals surface area contributed by atoms with Gasteiger partial charge in [-0.3, -0.25) is 14.4 Å². The molecule has 0 aromatic carbocycles. The number of ether oxygens (including phenoxy) is 3. The Kier molecular flexibility index (Phi) is 55.2. The van der Waals surface area contributed by atoms with Crippen LogP contribution in [0.4, 0.5) is 0 Å². The number of unbranched alkanes of at least 4 members (excludes halogenated alkanes) is 38. The standard InChI is InChI=1S/C62H114O6/c1-4-7-10-13-16-19-22-25-27-29-31-33-34-37-40-43-46-49-52-55-61(64)67-58-59(57-66-60(63)54-51-48-45-42-39-36-24-21-18-15-12-9-6-3)68-62(65)56-53-50-47-44-41-38-35-32-30-28-26-23-20-17-14-11-8-5-2/h16,19,21,24-25,27,59H,4-15,17-18,20,22-23,26,28-58H2,1-3H3/b19-16+,24-21+,27-25+/t59-/m1/s1. The van der Waals surface area contributed by atoms with Crippen molar-refractivity contribution in [3.63, 3.8) is 0 Å². The van der Waals surface area contributed by atoms with Crippen LogP contribution in [0.15, 0.2) is 36.5 Å². The number of hydrogen-bond donors (Lipinski definition) is 0. The fraction of sp³-hybridized carbons (Fsp3) is 0.855. The smallest absolute Gasteiger partial charge is 0.306 e. The Morgan fingerprint density at radius 1 is 0.294 bits per heavy atom. The summed E-state index contributed by atoms with van der Waals surface area (Å²) in [6, 6.07) is 0. The highest BCUT2D eigenvalue weighted by Crippen LogP contribution is 2.17. The van der Waals surface area contributed by atoms with Crippen LogP contribution in [-0.2, 0) is 28.6 Å². The maximum absolute atomic E-state index is 12.9. The zero-order valence-electron chi connectivity index (χ0n) is 45.6. The van der Waals surface area contributed by atoms with E-state index in [0.717, 1.165) is 70.6 Å². The summed E-state index contributed by atoms with van der Waals surface area (Å²) in [6.45, 7) is 6.64. The lowest BCUT2D eigenvalue weighted by atomic mass is 10.0. The first-order valence-electron chi connectivity index (χ1n) is 30.0. The molecule has 0 spiro atoms.